The van der Waals surface area contributed by atoms with E-state index < -0.39 is 5.97 Å². The van der Waals surface area contributed by atoms with E-state index in [4.69, 9.17) is 4.74 Å². The number of para-hydroxylation sites is 1. The lowest BCUT2D eigenvalue weighted by molar-refractivity contribution is 0.0590. The topological polar surface area (TPSA) is 61.2 Å². The second kappa shape index (κ2) is 6.27. The summed E-state index contributed by atoms with van der Waals surface area (Å²) in [5.41, 5.74) is 1.46. The Morgan fingerprint density at radius 3 is 2.17 bits per heavy atom. The molecular weight excluding hydrogens is 292 g/mol. The fraction of sp³-hybridized carbons (Fsp3) is 0.0556. The number of carbonyl (C=O) groups excluding carboxylic acids is 2. The molecule has 0 unspecified atom stereocenters. The third-order valence-electron chi connectivity index (χ3n) is 3.39. The first-order valence-corrected chi connectivity index (χ1v) is 7.04. The van der Waals surface area contributed by atoms with Crippen molar-refractivity contribution in [2.75, 3.05) is 7.11 Å². The van der Waals surface area contributed by atoms with Gasteiger partial charge in [-0.15, -0.1) is 0 Å². The molecular formula is C18H14N2O3. The van der Waals surface area contributed by atoms with Crippen LogP contribution in [0.3, 0.4) is 0 Å². The maximum atomic E-state index is 12.7. The van der Waals surface area contributed by atoms with Gasteiger partial charge in [0, 0.05) is 11.8 Å². The molecule has 0 spiro atoms. The monoisotopic (exact) mass is 306 g/mol. The molecule has 0 amide bonds. The minimum Gasteiger partial charge on any atom is -0.464 e. The summed E-state index contributed by atoms with van der Waals surface area (Å²) in [5.74, 6) is -0.910. The third kappa shape index (κ3) is 2.89. The van der Waals surface area contributed by atoms with E-state index in [0.29, 0.717) is 5.56 Å². The number of benzene rings is 2. The Labute approximate surface area is 133 Å². The molecule has 0 saturated carbocycles. The molecule has 5 heteroatoms. The van der Waals surface area contributed by atoms with Gasteiger partial charge >= 0.3 is 5.97 Å². The van der Waals surface area contributed by atoms with Gasteiger partial charge in [0.2, 0.25) is 0 Å². The first-order valence-electron chi connectivity index (χ1n) is 7.04. The largest absolute Gasteiger partial charge is 0.464 e. The summed E-state index contributed by atoms with van der Waals surface area (Å²) in [5, 5.41) is 4.22. The Morgan fingerprint density at radius 2 is 1.57 bits per heavy atom. The number of esters is 1. The van der Waals surface area contributed by atoms with Crippen LogP contribution in [0.15, 0.2) is 66.9 Å². The van der Waals surface area contributed by atoms with Crippen LogP contribution in [0.1, 0.15) is 26.4 Å². The van der Waals surface area contributed by atoms with E-state index in [1.54, 1.807) is 30.5 Å². The Hall–Kier alpha value is -3.21. The highest BCUT2D eigenvalue weighted by atomic mass is 16.5. The van der Waals surface area contributed by atoms with E-state index in [1.807, 2.05) is 36.4 Å². The predicted octanol–water partition coefficient (Wildman–Crippen LogP) is 2.89. The zero-order valence-electron chi connectivity index (χ0n) is 12.5. The molecule has 0 atom stereocenters. The van der Waals surface area contributed by atoms with Crippen molar-refractivity contribution in [2.24, 2.45) is 0 Å². The van der Waals surface area contributed by atoms with Crippen LogP contribution in [0, 0.1) is 0 Å². The Kier molecular flexibility index (Phi) is 4.01. The molecule has 0 saturated heterocycles. The Morgan fingerprint density at radius 1 is 0.957 bits per heavy atom. The van der Waals surface area contributed by atoms with E-state index >= 15 is 0 Å². The molecule has 0 radical (unpaired) electrons. The molecule has 1 aromatic heterocycles. The zero-order valence-corrected chi connectivity index (χ0v) is 12.5. The molecule has 23 heavy (non-hydrogen) atoms. The minimum absolute atomic E-state index is 0.00482. The molecule has 0 N–H and O–H groups in total. The van der Waals surface area contributed by atoms with Gasteiger partial charge in [-0.3, -0.25) is 4.79 Å². The number of methoxy groups -OCH3 is 1. The second-order valence-electron chi connectivity index (χ2n) is 4.86. The van der Waals surface area contributed by atoms with Crippen molar-refractivity contribution >= 4 is 11.8 Å². The number of hydrogen-bond donors (Lipinski definition) is 0. The SMILES string of the molecule is COC(=O)c1nn(-c2ccccc2)cc1C(=O)c1ccccc1. The lowest BCUT2D eigenvalue weighted by Gasteiger charge is -2.00. The number of carbonyl (C=O) groups is 2. The van der Waals surface area contributed by atoms with Gasteiger partial charge in [0.05, 0.1) is 18.4 Å². The molecule has 114 valence electrons. The first kappa shape index (κ1) is 14.7. The van der Waals surface area contributed by atoms with Crippen molar-refractivity contribution in [1.29, 1.82) is 0 Å². The molecule has 0 aliphatic heterocycles. The van der Waals surface area contributed by atoms with Crippen LogP contribution in [0.2, 0.25) is 0 Å². The van der Waals surface area contributed by atoms with Gasteiger partial charge in [-0.05, 0) is 12.1 Å². The Bertz CT molecular complexity index is 839. The summed E-state index contributed by atoms with van der Waals surface area (Å²) in [4.78, 5) is 24.6. The summed E-state index contributed by atoms with van der Waals surface area (Å²) in [6.07, 6.45) is 1.55. The summed E-state index contributed by atoms with van der Waals surface area (Å²) in [6.45, 7) is 0. The van der Waals surface area contributed by atoms with Crippen molar-refractivity contribution in [3.8, 4) is 5.69 Å². The van der Waals surface area contributed by atoms with Gasteiger partial charge in [-0.25, -0.2) is 9.48 Å². The molecule has 3 rings (SSSR count). The lowest BCUT2D eigenvalue weighted by Crippen LogP contribution is -2.10. The van der Waals surface area contributed by atoms with Crippen molar-refractivity contribution in [2.45, 2.75) is 0 Å². The molecule has 0 bridgehead atoms. The summed E-state index contributed by atoms with van der Waals surface area (Å²) in [6, 6.07) is 18.0. The minimum atomic E-state index is -0.640. The Balaban J connectivity index is 2.10. The highest BCUT2D eigenvalue weighted by Crippen LogP contribution is 2.17. The lowest BCUT2D eigenvalue weighted by atomic mass is 10.0. The van der Waals surface area contributed by atoms with Crippen LogP contribution in [0.25, 0.3) is 5.69 Å². The van der Waals surface area contributed by atoms with Gasteiger partial charge in [-0.1, -0.05) is 48.5 Å². The van der Waals surface area contributed by atoms with Gasteiger partial charge in [-0.2, -0.15) is 5.10 Å². The highest BCUT2D eigenvalue weighted by Gasteiger charge is 2.24. The predicted molar refractivity (Wildman–Crippen MR) is 84.8 cm³/mol. The van der Waals surface area contributed by atoms with Gasteiger partial charge < -0.3 is 4.74 Å². The average molecular weight is 306 g/mol. The molecule has 2 aromatic carbocycles. The normalized spacial score (nSPS) is 10.3. The number of rotatable bonds is 4. The molecule has 0 aliphatic carbocycles. The molecule has 3 aromatic rings. The van der Waals surface area contributed by atoms with Crippen molar-refractivity contribution < 1.29 is 14.3 Å². The molecule has 0 aliphatic rings. The number of aromatic nitrogens is 2. The van der Waals surface area contributed by atoms with Crippen LogP contribution < -0.4 is 0 Å². The molecule has 5 nitrogen and oxygen atoms in total. The van der Waals surface area contributed by atoms with Crippen molar-refractivity contribution in [3.63, 3.8) is 0 Å². The number of nitrogens with zero attached hydrogens (tertiary/aromatic N) is 2. The number of ketones is 1. The van der Waals surface area contributed by atoms with Crippen LogP contribution in [0.4, 0.5) is 0 Å². The smallest absolute Gasteiger partial charge is 0.359 e. The van der Waals surface area contributed by atoms with E-state index in [0.717, 1.165) is 5.69 Å². The summed E-state index contributed by atoms with van der Waals surface area (Å²) < 4.78 is 6.25. The van der Waals surface area contributed by atoms with E-state index in [1.165, 1.54) is 11.8 Å². The van der Waals surface area contributed by atoms with Crippen LogP contribution >= 0.6 is 0 Å². The zero-order chi connectivity index (χ0) is 16.2. The van der Waals surface area contributed by atoms with Gasteiger partial charge in [0.1, 0.15) is 0 Å². The van der Waals surface area contributed by atoms with Crippen LogP contribution in [-0.2, 0) is 4.74 Å². The summed E-state index contributed by atoms with van der Waals surface area (Å²) >= 11 is 0. The van der Waals surface area contributed by atoms with Crippen molar-refractivity contribution in [1.82, 2.24) is 9.78 Å². The van der Waals surface area contributed by atoms with Gasteiger partial charge in [0.25, 0.3) is 0 Å². The third-order valence-corrected chi connectivity index (χ3v) is 3.39. The first-order chi connectivity index (χ1) is 11.2. The maximum Gasteiger partial charge on any atom is 0.359 e. The maximum absolute atomic E-state index is 12.7. The average Bonchev–Trinajstić information content (AvgIpc) is 3.07. The highest BCUT2D eigenvalue weighted by molar-refractivity contribution is 6.13. The standard InChI is InChI=1S/C18H14N2O3/c1-23-18(22)16-15(17(21)13-8-4-2-5-9-13)12-20(19-16)14-10-6-3-7-11-14/h2-12H,1H3. The molecule has 0 fully saturated rings. The molecule has 1 heterocycles. The van der Waals surface area contributed by atoms with E-state index in [-0.39, 0.29) is 17.0 Å². The van der Waals surface area contributed by atoms with Crippen molar-refractivity contribution in [3.05, 3.63) is 83.7 Å². The number of hydrogen-bond acceptors (Lipinski definition) is 4. The second-order valence-corrected chi connectivity index (χ2v) is 4.86. The van der Waals surface area contributed by atoms with E-state index in [2.05, 4.69) is 5.10 Å². The quantitative estimate of drug-likeness (QED) is 0.549. The van der Waals surface area contributed by atoms with Crippen LogP contribution in [-0.4, -0.2) is 28.6 Å². The van der Waals surface area contributed by atoms with Gasteiger partial charge in [0.15, 0.2) is 11.5 Å². The summed E-state index contributed by atoms with van der Waals surface area (Å²) in [7, 11) is 1.26. The van der Waals surface area contributed by atoms with E-state index in [9.17, 15) is 9.59 Å². The fourth-order valence-electron chi connectivity index (χ4n) is 2.25. The number of ether oxygens (including phenoxy) is 1. The fourth-order valence-corrected chi connectivity index (χ4v) is 2.25. The van der Waals surface area contributed by atoms with Crippen LogP contribution in [0.5, 0.6) is 0 Å².